The van der Waals surface area contributed by atoms with Crippen molar-refractivity contribution in [2.45, 2.75) is 20.0 Å². The Labute approximate surface area is 104 Å². The van der Waals surface area contributed by atoms with Gasteiger partial charge in [0.1, 0.15) is 0 Å². The van der Waals surface area contributed by atoms with Crippen molar-refractivity contribution in [1.29, 1.82) is 0 Å². The predicted molar refractivity (Wildman–Crippen MR) is 69.7 cm³/mol. The summed E-state index contributed by atoms with van der Waals surface area (Å²) >= 11 is 0. The summed E-state index contributed by atoms with van der Waals surface area (Å²) in [6.45, 7) is 4.44. The van der Waals surface area contributed by atoms with Gasteiger partial charge in [0.15, 0.2) is 11.5 Å². The Morgan fingerprint density at radius 2 is 1.65 bits per heavy atom. The van der Waals surface area contributed by atoms with E-state index < -0.39 is 0 Å². The van der Waals surface area contributed by atoms with Crippen molar-refractivity contribution < 1.29 is 14.2 Å². The van der Waals surface area contributed by atoms with Crippen LogP contribution >= 0.6 is 0 Å². The molecule has 1 unspecified atom stereocenters. The summed E-state index contributed by atoms with van der Waals surface area (Å²) in [4.78, 5) is 0. The Bertz CT molecular complexity index is 312. The highest BCUT2D eigenvalue weighted by Gasteiger charge is 2.11. The third-order valence-corrected chi connectivity index (χ3v) is 2.28. The van der Waals surface area contributed by atoms with E-state index in [1.54, 1.807) is 21.3 Å². The molecule has 1 aromatic carbocycles. The van der Waals surface area contributed by atoms with Crippen molar-refractivity contribution in [2.24, 2.45) is 5.73 Å². The smallest absolute Gasteiger partial charge is 0.161 e. The van der Waals surface area contributed by atoms with E-state index in [0.29, 0.717) is 18.0 Å². The van der Waals surface area contributed by atoms with Gasteiger partial charge in [0.25, 0.3) is 0 Å². The van der Waals surface area contributed by atoms with Gasteiger partial charge in [-0.3, -0.25) is 0 Å². The van der Waals surface area contributed by atoms with Crippen LogP contribution in [0, 0.1) is 0 Å². The second-order valence-electron chi connectivity index (χ2n) is 3.07. The first-order valence-corrected chi connectivity index (χ1v) is 5.71. The number of hydrogen-bond acceptors (Lipinski definition) is 4. The SMILES string of the molecule is CC.COc1ccc(C(CN)OC)cc1OC. The van der Waals surface area contributed by atoms with Crippen LogP contribution in [0.4, 0.5) is 0 Å². The summed E-state index contributed by atoms with van der Waals surface area (Å²) in [5.74, 6) is 1.39. The Hall–Kier alpha value is -1.26. The summed E-state index contributed by atoms with van der Waals surface area (Å²) < 4.78 is 15.6. The molecule has 0 bridgehead atoms. The van der Waals surface area contributed by atoms with Crippen LogP contribution in [0.1, 0.15) is 25.5 Å². The van der Waals surface area contributed by atoms with E-state index in [9.17, 15) is 0 Å². The number of ether oxygens (including phenoxy) is 3. The van der Waals surface area contributed by atoms with Gasteiger partial charge >= 0.3 is 0 Å². The van der Waals surface area contributed by atoms with Crippen LogP contribution in [-0.4, -0.2) is 27.9 Å². The number of methoxy groups -OCH3 is 3. The Morgan fingerprint density at radius 1 is 1.06 bits per heavy atom. The van der Waals surface area contributed by atoms with Gasteiger partial charge < -0.3 is 19.9 Å². The quantitative estimate of drug-likeness (QED) is 0.860. The molecule has 98 valence electrons. The molecule has 1 aromatic rings. The molecule has 0 saturated heterocycles. The zero-order valence-corrected chi connectivity index (χ0v) is 11.3. The molecular formula is C13H23NO3. The lowest BCUT2D eigenvalue weighted by atomic mass is 10.1. The van der Waals surface area contributed by atoms with Crippen molar-refractivity contribution in [3.63, 3.8) is 0 Å². The normalized spacial score (nSPS) is 11.2. The largest absolute Gasteiger partial charge is 0.493 e. The van der Waals surface area contributed by atoms with Gasteiger partial charge in [0.05, 0.1) is 20.3 Å². The fraction of sp³-hybridized carbons (Fsp3) is 0.538. The lowest BCUT2D eigenvalue weighted by molar-refractivity contribution is 0.110. The molecule has 0 heterocycles. The molecule has 4 nitrogen and oxygen atoms in total. The highest BCUT2D eigenvalue weighted by Crippen LogP contribution is 2.30. The minimum atomic E-state index is -0.107. The molecule has 1 rings (SSSR count). The fourth-order valence-electron chi connectivity index (χ4n) is 1.42. The van der Waals surface area contributed by atoms with Crippen molar-refractivity contribution in [3.05, 3.63) is 23.8 Å². The molecule has 17 heavy (non-hydrogen) atoms. The third-order valence-electron chi connectivity index (χ3n) is 2.28. The first-order valence-electron chi connectivity index (χ1n) is 5.71. The number of hydrogen-bond donors (Lipinski definition) is 1. The molecule has 0 fully saturated rings. The van der Waals surface area contributed by atoms with Crippen LogP contribution in [0.5, 0.6) is 11.5 Å². The molecule has 4 heteroatoms. The van der Waals surface area contributed by atoms with Gasteiger partial charge in [-0.05, 0) is 17.7 Å². The summed E-state index contributed by atoms with van der Waals surface area (Å²) in [6, 6.07) is 5.64. The summed E-state index contributed by atoms with van der Waals surface area (Å²) in [7, 11) is 4.84. The summed E-state index contributed by atoms with van der Waals surface area (Å²) in [5.41, 5.74) is 6.56. The van der Waals surface area contributed by atoms with Crippen LogP contribution < -0.4 is 15.2 Å². The van der Waals surface area contributed by atoms with Gasteiger partial charge in [-0.1, -0.05) is 19.9 Å². The van der Waals surface area contributed by atoms with E-state index in [1.807, 2.05) is 32.0 Å². The first-order chi connectivity index (χ1) is 8.26. The van der Waals surface area contributed by atoms with Crippen molar-refractivity contribution in [3.8, 4) is 11.5 Å². The average Bonchev–Trinajstić information content (AvgIpc) is 2.42. The Balaban J connectivity index is 0.00000121. The van der Waals surface area contributed by atoms with Crippen LogP contribution in [0.2, 0.25) is 0 Å². The maximum Gasteiger partial charge on any atom is 0.161 e. The van der Waals surface area contributed by atoms with Crippen molar-refractivity contribution >= 4 is 0 Å². The van der Waals surface area contributed by atoms with Gasteiger partial charge in [-0.2, -0.15) is 0 Å². The maximum atomic E-state index is 5.58. The highest BCUT2D eigenvalue weighted by molar-refractivity contribution is 5.43. The van der Waals surface area contributed by atoms with E-state index in [-0.39, 0.29) is 6.10 Å². The van der Waals surface area contributed by atoms with Gasteiger partial charge in [-0.15, -0.1) is 0 Å². The molecule has 0 aliphatic rings. The minimum Gasteiger partial charge on any atom is -0.493 e. The molecule has 0 spiro atoms. The van der Waals surface area contributed by atoms with E-state index >= 15 is 0 Å². The standard InChI is InChI=1S/C11H17NO3.C2H6/c1-13-9-5-4-8(6-10(9)14-2)11(7-12)15-3;1-2/h4-6,11H,7,12H2,1-3H3;1-2H3. The number of rotatable bonds is 5. The van der Waals surface area contributed by atoms with Crippen molar-refractivity contribution in [2.75, 3.05) is 27.9 Å². The third kappa shape index (κ3) is 4.24. The molecule has 0 aliphatic heterocycles. The predicted octanol–water partition coefficient (Wildman–Crippen LogP) is 2.38. The lowest BCUT2D eigenvalue weighted by Crippen LogP contribution is -2.14. The van der Waals surface area contributed by atoms with E-state index in [1.165, 1.54) is 0 Å². The van der Waals surface area contributed by atoms with Crippen LogP contribution in [0.3, 0.4) is 0 Å². The maximum absolute atomic E-state index is 5.58. The first kappa shape index (κ1) is 15.7. The van der Waals surface area contributed by atoms with Gasteiger partial charge in [0, 0.05) is 13.7 Å². The second kappa shape index (κ2) is 8.84. The molecule has 0 aliphatic carbocycles. The molecule has 0 aromatic heterocycles. The van der Waals surface area contributed by atoms with Crippen LogP contribution in [-0.2, 0) is 4.74 Å². The molecule has 0 radical (unpaired) electrons. The molecule has 0 amide bonds. The summed E-state index contributed by atoms with van der Waals surface area (Å²) in [5, 5.41) is 0. The zero-order valence-electron chi connectivity index (χ0n) is 11.3. The summed E-state index contributed by atoms with van der Waals surface area (Å²) in [6.07, 6.45) is -0.107. The topological polar surface area (TPSA) is 53.7 Å². The molecule has 0 saturated carbocycles. The van der Waals surface area contributed by atoms with E-state index in [2.05, 4.69) is 0 Å². The molecule has 1 atom stereocenters. The average molecular weight is 241 g/mol. The van der Waals surface area contributed by atoms with Gasteiger partial charge in [0.2, 0.25) is 0 Å². The molecular weight excluding hydrogens is 218 g/mol. The van der Waals surface area contributed by atoms with E-state index in [4.69, 9.17) is 19.9 Å². The number of nitrogens with two attached hydrogens (primary N) is 1. The van der Waals surface area contributed by atoms with Gasteiger partial charge in [-0.25, -0.2) is 0 Å². The Kier molecular flexibility index (Phi) is 8.19. The monoisotopic (exact) mass is 241 g/mol. The molecule has 2 N–H and O–H groups in total. The van der Waals surface area contributed by atoms with Crippen molar-refractivity contribution in [1.82, 2.24) is 0 Å². The van der Waals surface area contributed by atoms with Crippen LogP contribution in [0.25, 0.3) is 0 Å². The number of benzene rings is 1. The minimum absolute atomic E-state index is 0.107. The van der Waals surface area contributed by atoms with E-state index in [0.717, 1.165) is 5.56 Å². The highest BCUT2D eigenvalue weighted by atomic mass is 16.5. The lowest BCUT2D eigenvalue weighted by Gasteiger charge is -2.15. The Morgan fingerprint density at radius 3 is 2.06 bits per heavy atom. The fourth-order valence-corrected chi connectivity index (χ4v) is 1.42. The zero-order chi connectivity index (χ0) is 13.3. The van der Waals surface area contributed by atoms with Crippen LogP contribution in [0.15, 0.2) is 18.2 Å². The second-order valence-corrected chi connectivity index (χ2v) is 3.07.